The fourth-order valence-corrected chi connectivity index (χ4v) is 2.14. The molecule has 0 heterocycles. The van der Waals surface area contributed by atoms with Crippen molar-refractivity contribution in [1.29, 1.82) is 0 Å². The molecule has 0 aromatic rings. The van der Waals surface area contributed by atoms with E-state index in [2.05, 4.69) is 25.8 Å². The minimum absolute atomic E-state index is 0.0234. The molecular formula is C12H25NO. The van der Waals surface area contributed by atoms with Crippen molar-refractivity contribution in [3.05, 3.63) is 0 Å². The zero-order chi connectivity index (χ0) is 10.6. The lowest BCUT2D eigenvalue weighted by atomic mass is 9.92. The van der Waals surface area contributed by atoms with Gasteiger partial charge in [0.2, 0.25) is 0 Å². The summed E-state index contributed by atoms with van der Waals surface area (Å²) in [6, 6.07) is 0.720. The van der Waals surface area contributed by atoms with Gasteiger partial charge in [-0.15, -0.1) is 0 Å². The molecule has 14 heavy (non-hydrogen) atoms. The van der Waals surface area contributed by atoms with E-state index in [1.807, 2.05) is 0 Å². The zero-order valence-corrected chi connectivity index (χ0v) is 9.87. The Balaban J connectivity index is 2.20. The maximum Gasteiger partial charge on any atom is 0.0541 e. The van der Waals surface area contributed by atoms with Crippen molar-refractivity contribution in [3.63, 3.8) is 0 Å². The standard InChI is InChI=1S/C12H25NO/c1-10(2)8-9-13(3)11-4-6-12(14)7-5-11/h10-12,14H,4-9H2,1-3H3. The van der Waals surface area contributed by atoms with E-state index >= 15 is 0 Å². The Hall–Kier alpha value is -0.0800. The fraction of sp³-hybridized carbons (Fsp3) is 1.00. The average molecular weight is 199 g/mol. The summed E-state index contributed by atoms with van der Waals surface area (Å²) in [5.41, 5.74) is 0. The first kappa shape index (κ1) is 12.0. The Morgan fingerprint density at radius 3 is 2.29 bits per heavy atom. The number of hydrogen-bond donors (Lipinski definition) is 1. The van der Waals surface area contributed by atoms with E-state index < -0.39 is 0 Å². The summed E-state index contributed by atoms with van der Waals surface area (Å²) in [4.78, 5) is 2.48. The predicted octanol–water partition coefficient (Wildman–Crippen LogP) is 2.27. The van der Waals surface area contributed by atoms with Crippen LogP contribution in [0.15, 0.2) is 0 Å². The van der Waals surface area contributed by atoms with Gasteiger partial charge in [-0.3, -0.25) is 0 Å². The molecule has 0 aliphatic heterocycles. The summed E-state index contributed by atoms with van der Waals surface area (Å²) in [6.45, 7) is 5.76. The van der Waals surface area contributed by atoms with Crippen LogP contribution in [0.2, 0.25) is 0 Å². The maximum atomic E-state index is 9.41. The summed E-state index contributed by atoms with van der Waals surface area (Å²) in [7, 11) is 2.23. The van der Waals surface area contributed by atoms with E-state index in [0.29, 0.717) is 0 Å². The minimum atomic E-state index is -0.0234. The van der Waals surface area contributed by atoms with Crippen LogP contribution in [-0.4, -0.2) is 35.7 Å². The summed E-state index contributed by atoms with van der Waals surface area (Å²) < 4.78 is 0. The molecule has 0 bridgehead atoms. The van der Waals surface area contributed by atoms with Crippen LogP contribution in [0.25, 0.3) is 0 Å². The summed E-state index contributed by atoms with van der Waals surface area (Å²) in [5.74, 6) is 0.798. The second-order valence-electron chi connectivity index (χ2n) is 5.13. The van der Waals surface area contributed by atoms with E-state index in [1.54, 1.807) is 0 Å². The molecule has 0 radical (unpaired) electrons. The first-order valence-electron chi connectivity index (χ1n) is 5.98. The second kappa shape index (κ2) is 5.72. The van der Waals surface area contributed by atoms with Gasteiger partial charge in [0.15, 0.2) is 0 Å². The third-order valence-electron chi connectivity index (χ3n) is 3.35. The van der Waals surface area contributed by atoms with E-state index in [4.69, 9.17) is 0 Å². The van der Waals surface area contributed by atoms with Crippen LogP contribution in [0.3, 0.4) is 0 Å². The fourth-order valence-electron chi connectivity index (χ4n) is 2.14. The molecule has 0 spiro atoms. The third kappa shape index (κ3) is 3.97. The van der Waals surface area contributed by atoms with E-state index in [-0.39, 0.29) is 6.10 Å². The maximum absolute atomic E-state index is 9.41. The number of aliphatic hydroxyl groups is 1. The van der Waals surface area contributed by atoms with Gasteiger partial charge in [0.05, 0.1) is 6.10 Å². The van der Waals surface area contributed by atoms with Gasteiger partial charge in [-0.2, -0.15) is 0 Å². The van der Waals surface area contributed by atoms with Crippen molar-refractivity contribution in [3.8, 4) is 0 Å². The SMILES string of the molecule is CC(C)CCN(C)C1CCC(O)CC1. The summed E-state index contributed by atoms with van der Waals surface area (Å²) in [5, 5.41) is 9.41. The highest BCUT2D eigenvalue weighted by Gasteiger charge is 2.22. The van der Waals surface area contributed by atoms with Gasteiger partial charge in [0.1, 0.15) is 0 Å². The van der Waals surface area contributed by atoms with Gasteiger partial charge in [-0.05, 0) is 51.6 Å². The largest absolute Gasteiger partial charge is 0.393 e. The highest BCUT2D eigenvalue weighted by atomic mass is 16.3. The van der Waals surface area contributed by atoms with Crippen LogP contribution in [0.4, 0.5) is 0 Å². The molecule has 0 aromatic heterocycles. The first-order valence-corrected chi connectivity index (χ1v) is 5.98. The van der Waals surface area contributed by atoms with Crippen LogP contribution < -0.4 is 0 Å². The molecule has 2 heteroatoms. The molecule has 0 unspecified atom stereocenters. The summed E-state index contributed by atoms with van der Waals surface area (Å²) >= 11 is 0. The Kier molecular flexibility index (Phi) is 4.90. The molecule has 2 nitrogen and oxygen atoms in total. The van der Waals surface area contributed by atoms with Gasteiger partial charge >= 0.3 is 0 Å². The molecule has 1 aliphatic carbocycles. The molecular weight excluding hydrogens is 174 g/mol. The second-order valence-corrected chi connectivity index (χ2v) is 5.13. The quantitative estimate of drug-likeness (QED) is 0.751. The average Bonchev–Trinajstić information content (AvgIpc) is 2.15. The van der Waals surface area contributed by atoms with Gasteiger partial charge in [-0.1, -0.05) is 13.8 Å². The lowest BCUT2D eigenvalue weighted by molar-refractivity contribution is 0.0826. The Morgan fingerprint density at radius 1 is 1.21 bits per heavy atom. The smallest absolute Gasteiger partial charge is 0.0541 e. The van der Waals surface area contributed by atoms with Crippen LogP contribution >= 0.6 is 0 Å². The predicted molar refractivity (Wildman–Crippen MR) is 60.3 cm³/mol. The van der Waals surface area contributed by atoms with Crippen molar-refractivity contribution in [2.75, 3.05) is 13.6 Å². The van der Waals surface area contributed by atoms with Crippen molar-refractivity contribution in [1.82, 2.24) is 4.90 Å². The van der Waals surface area contributed by atoms with E-state index in [0.717, 1.165) is 24.8 Å². The highest BCUT2D eigenvalue weighted by Crippen LogP contribution is 2.22. The number of rotatable bonds is 4. The van der Waals surface area contributed by atoms with Crippen LogP contribution in [0.1, 0.15) is 46.0 Å². The number of hydrogen-bond acceptors (Lipinski definition) is 2. The molecule has 1 saturated carbocycles. The van der Waals surface area contributed by atoms with E-state index in [1.165, 1.54) is 25.8 Å². The Labute approximate surface area is 88.3 Å². The zero-order valence-electron chi connectivity index (χ0n) is 9.87. The molecule has 0 atom stereocenters. The molecule has 1 rings (SSSR count). The first-order chi connectivity index (χ1) is 6.59. The lowest BCUT2D eigenvalue weighted by Gasteiger charge is -2.33. The molecule has 0 amide bonds. The van der Waals surface area contributed by atoms with Gasteiger partial charge in [0, 0.05) is 6.04 Å². The number of nitrogens with zero attached hydrogens (tertiary/aromatic N) is 1. The van der Waals surface area contributed by atoms with Gasteiger partial charge in [-0.25, -0.2) is 0 Å². The normalized spacial score (nSPS) is 28.7. The molecule has 84 valence electrons. The molecule has 1 fully saturated rings. The van der Waals surface area contributed by atoms with Gasteiger partial charge < -0.3 is 10.0 Å². The van der Waals surface area contributed by atoms with Gasteiger partial charge in [0.25, 0.3) is 0 Å². The number of aliphatic hydroxyl groups excluding tert-OH is 1. The van der Waals surface area contributed by atoms with Crippen molar-refractivity contribution in [2.24, 2.45) is 5.92 Å². The molecule has 1 aliphatic rings. The van der Waals surface area contributed by atoms with Crippen LogP contribution in [0, 0.1) is 5.92 Å². The molecule has 0 aromatic carbocycles. The Bertz CT molecular complexity index is 150. The van der Waals surface area contributed by atoms with Crippen LogP contribution in [-0.2, 0) is 0 Å². The third-order valence-corrected chi connectivity index (χ3v) is 3.35. The van der Waals surface area contributed by atoms with E-state index in [9.17, 15) is 5.11 Å². The molecule has 1 N–H and O–H groups in total. The minimum Gasteiger partial charge on any atom is -0.393 e. The monoisotopic (exact) mass is 199 g/mol. The summed E-state index contributed by atoms with van der Waals surface area (Å²) in [6.07, 6.45) is 5.61. The van der Waals surface area contributed by atoms with Crippen molar-refractivity contribution >= 4 is 0 Å². The van der Waals surface area contributed by atoms with Crippen molar-refractivity contribution < 1.29 is 5.11 Å². The Morgan fingerprint density at radius 2 is 1.79 bits per heavy atom. The molecule has 0 saturated heterocycles. The highest BCUT2D eigenvalue weighted by molar-refractivity contribution is 4.77. The van der Waals surface area contributed by atoms with Crippen LogP contribution in [0.5, 0.6) is 0 Å². The van der Waals surface area contributed by atoms with Crippen molar-refractivity contribution in [2.45, 2.75) is 58.1 Å². The lowest BCUT2D eigenvalue weighted by Crippen LogP contribution is -2.37. The topological polar surface area (TPSA) is 23.5 Å².